The molecule has 1 aliphatic rings. The summed E-state index contributed by atoms with van der Waals surface area (Å²) in [5, 5.41) is 12.8. The first-order valence-corrected chi connectivity index (χ1v) is 12.0. The van der Waals surface area contributed by atoms with Gasteiger partial charge in [0.25, 0.3) is 5.91 Å². The number of pyridine rings is 1. The maximum Gasteiger partial charge on any atom is 0.409 e. The van der Waals surface area contributed by atoms with Crippen molar-refractivity contribution in [1.29, 1.82) is 0 Å². The highest BCUT2D eigenvalue weighted by atomic mass is 35.5. The van der Waals surface area contributed by atoms with E-state index in [-0.39, 0.29) is 57.1 Å². The maximum atomic E-state index is 13.2. The van der Waals surface area contributed by atoms with E-state index in [1.807, 2.05) is 0 Å². The van der Waals surface area contributed by atoms with Crippen molar-refractivity contribution in [3.05, 3.63) is 33.9 Å². The monoisotopic (exact) mass is 540 g/mol. The average molecular weight is 541 g/mol. The number of hydrogen-bond donors (Lipinski definition) is 2. The molecule has 1 aromatic heterocycles. The summed E-state index contributed by atoms with van der Waals surface area (Å²) in [6.45, 7) is 2.90. The lowest BCUT2D eigenvalue weighted by atomic mass is 10.1. The fourth-order valence-electron chi connectivity index (χ4n) is 3.83. The first kappa shape index (κ1) is 27.3. The number of carbonyl (C=O) groups is 4. The molecule has 1 atom stereocenters. The molecular formula is C23H26Cl2N4O7. The van der Waals surface area contributed by atoms with Crippen LogP contribution in [0.1, 0.15) is 30.3 Å². The third kappa shape index (κ3) is 6.46. The highest BCUT2D eigenvalue weighted by Crippen LogP contribution is 2.34. The van der Waals surface area contributed by atoms with Crippen molar-refractivity contribution < 1.29 is 33.8 Å². The molecule has 11 nitrogen and oxygen atoms in total. The molecule has 1 aliphatic heterocycles. The fourth-order valence-corrected chi connectivity index (χ4v) is 4.41. The Morgan fingerprint density at radius 1 is 1.11 bits per heavy atom. The molecule has 0 bridgehead atoms. The Labute approximate surface area is 217 Å². The lowest BCUT2D eigenvalue weighted by molar-refractivity contribution is -0.138. The SMILES string of the molecule is CCOC(=O)N1CCN(C(=O)C(CCC(=O)O)NC(=O)c2cc(OC)c3c(Cl)cc(Cl)cc3n2)CC1. The summed E-state index contributed by atoms with van der Waals surface area (Å²) in [6, 6.07) is 3.32. The summed E-state index contributed by atoms with van der Waals surface area (Å²) < 4.78 is 10.4. The van der Waals surface area contributed by atoms with Crippen LogP contribution in [-0.2, 0) is 14.3 Å². The topological polar surface area (TPSA) is 138 Å². The quantitative estimate of drug-likeness (QED) is 0.521. The number of carbonyl (C=O) groups excluding carboxylic acids is 3. The van der Waals surface area contributed by atoms with Gasteiger partial charge < -0.3 is 29.7 Å². The minimum Gasteiger partial charge on any atom is -0.496 e. The van der Waals surface area contributed by atoms with Gasteiger partial charge in [-0.2, -0.15) is 0 Å². The van der Waals surface area contributed by atoms with E-state index in [9.17, 15) is 19.2 Å². The lowest BCUT2D eigenvalue weighted by Gasteiger charge is -2.35. The molecule has 13 heteroatoms. The van der Waals surface area contributed by atoms with E-state index in [0.29, 0.717) is 20.9 Å². The van der Waals surface area contributed by atoms with Crippen molar-refractivity contribution in [2.45, 2.75) is 25.8 Å². The molecule has 2 N–H and O–H groups in total. The molecule has 194 valence electrons. The fraction of sp³-hybridized carbons (Fsp3) is 0.435. The van der Waals surface area contributed by atoms with Gasteiger partial charge in [-0.05, 0) is 25.5 Å². The molecule has 1 unspecified atom stereocenters. The van der Waals surface area contributed by atoms with Gasteiger partial charge >= 0.3 is 12.1 Å². The highest BCUT2D eigenvalue weighted by Gasteiger charge is 2.31. The largest absolute Gasteiger partial charge is 0.496 e. The maximum absolute atomic E-state index is 13.2. The zero-order chi connectivity index (χ0) is 26.4. The predicted molar refractivity (Wildman–Crippen MR) is 132 cm³/mol. The second-order valence-electron chi connectivity index (χ2n) is 7.96. The van der Waals surface area contributed by atoms with Crippen LogP contribution in [0, 0.1) is 0 Å². The second-order valence-corrected chi connectivity index (χ2v) is 8.80. The van der Waals surface area contributed by atoms with Gasteiger partial charge in [-0.3, -0.25) is 14.4 Å². The molecule has 3 amide bonds. The van der Waals surface area contributed by atoms with Crippen LogP contribution in [0.5, 0.6) is 5.75 Å². The van der Waals surface area contributed by atoms with Crippen LogP contribution in [0.4, 0.5) is 4.79 Å². The van der Waals surface area contributed by atoms with Crippen LogP contribution >= 0.6 is 23.2 Å². The van der Waals surface area contributed by atoms with Crippen LogP contribution in [0.25, 0.3) is 10.9 Å². The predicted octanol–water partition coefficient (Wildman–Crippen LogP) is 2.81. The van der Waals surface area contributed by atoms with E-state index >= 15 is 0 Å². The van der Waals surface area contributed by atoms with Crippen LogP contribution in [0.2, 0.25) is 10.0 Å². The summed E-state index contributed by atoms with van der Waals surface area (Å²) in [4.78, 5) is 56.7. The number of carboxylic acids is 1. The Morgan fingerprint density at radius 2 is 1.78 bits per heavy atom. The van der Waals surface area contributed by atoms with Crippen LogP contribution < -0.4 is 10.1 Å². The number of nitrogens with one attached hydrogen (secondary N) is 1. The Balaban J connectivity index is 1.80. The molecule has 2 heterocycles. The van der Waals surface area contributed by atoms with Crippen molar-refractivity contribution in [3.63, 3.8) is 0 Å². The van der Waals surface area contributed by atoms with Gasteiger partial charge in [0.1, 0.15) is 17.5 Å². The van der Waals surface area contributed by atoms with Crippen molar-refractivity contribution in [1.82, 2.24) is 20.1 Å². The Kier molecular flexibility index (Phi) is 9.16. The van der Waals surface area contributed by atoms with E-state index in [1.165, 1.54) is 35.1 Å². The van der Waals surface area contributed by atoms with E-state index in [0.717, 1.165) is 0 Å². The van der Waals surface area contributed by atoms with E-state index < -0.39 is 29.9 Å². The van der Waals surface area contributed by atoms with Crippen molar-refractivity contribution in [2.75, 3.05) is 39.9 Å². The number of hydrogen-bond acceptors (Lipinski definition) is 7. The highest BCUT2D eigenvalue weighted by molar-refractivity contribution is 6.39. The summed E-state index contributed by atoms with van der Waals surface area (Å²) in [6.07, 6.45) is -0.920. The number of benzene rings is 1. The van der Waals surface area contributed by atoms with Gasteiger partial charge in [-0.25, -0.2) is 9.78 Å². The van der Waals surface area contributed by atoms with Crippen molar-refractivity contribution >= 4 is 58.0 Å². The Bertz CT molecular complexity index is 1170. The number of halogens is 2. The number of aromatic nitrogens is 1. The first-order chi connectivity index (χ1) is 17.1. The first-order valence-electron chi connectivity index (χ1n) is 11.2. The van der Waals surface area contributed by atoms with Gasteiger partial charge in [0.15, 0.2) is 0 Å². The van der Waals surface area contributed by atoms with E-state index in [2.05, 4.69) is 10.3 Å². The standard InChI is InChI=1S/C23H26Cl2N4O7/c1-3-36-23(34)29-8-6-28(7-9-29)22(33)15(4-5-19(30)31)27-21(32)17-12-18(35-2)20-14(25)10-13(24)11-16(20)26-17/h10-12,15H,3-9H2,1-2H3,(H,27,32)(H,30,31). The molecule has 0 spiro atoms. The molecule has 0 saturated carbocycles. The van der Waals surface area contributed by atoms with Gasteiger partial charge in [-0.1, -0.05) is 23.2 Å². The smallest absolute Gasteiger partial charge is 0.409 e. The minimum atomic E-state index is -1.12. The molecule has 1 saturated heterocycles. The number of fused-ring (bicyclic) bond motifs is 1. The molecule has 1 fully saturated rings. The number of rotatable bonds is 8. The number of amides is 3. The average Bonchev–Trinajstić information content (AvgIpc) is 2.85. The van der Waals surface area contributed by atoms with E-state index in [4.69, 9.17) is 37.8 Å². The summed E-state index contributed by atoms with van der Waals surface area (Å²) >= 11 is 12.3. The van der Waals surface area contributed by atoms with Crippen LogP contribution in [0.3, 0.4) is 0 Å². The molecule has 36 heavy (non-hydrogen) atoms. The summed E-state index contributed by atoms with van der Waals surface area (Å²) in [7, 11) is 1.41. The Hall–Kier alpha value is -3.31. The summed E-state index contributed by atoms with van der Waals surface area (Å²) in [5.74, 6) is -1.97. The van der Waals surface area contributed by atoms with Crippen LogP contribution in [-0.4, -0.2) is 89.7 Å². The number of ether oxygens (including phenoxy) is 2. The van der Waals surface area contributed by atoms with Crippen LogP contribution in [0.15, 0.2) is 18.2 Å². The van der Waals surface area contributed by atoms with Gasteiger partial charge in [0.05, 0.1) is 29.6 Å². The molecule has 0 aliphatic carbocycles. The molecule has 0 radical (unpaired) electrons. The zero-order valence-electron chi connectivity index (χ0n) is 19.8. The summed E-state index contributed by atoms with van der Waals surface area (Å²) in [5.41, 5.74) is 0.262. The molecule has 2 aromatic rings. The zero-order valence-corrected chi connectivity index (χ0v) is 21.3. The Morgan fingerprint density at radius 3 is 2.39 bits per heavy atom. The van der Waals surface area contributed by atoms with Gasteiger partial charge in [0.2, 0.25) is 5.91 Å². The second kappa shape index (κ2) is 12.1. The van der Waals surface area contributed by atoms with Gasteiger partial charge in [-0.15, -0.1) is 0 Å². The molecule has 1 aromatic carbocycles. The number of aliphatic carboxylic acids is 1. The van der Waals surface area contributed by atoms with Crippen molar-refractivity contribution in [2.24, 2.45) is 0 Å². The lowest BCUT2D eigenvalue weighted by Crippen LogP contribution is -2.56. The number of nitrogens with zero attached hydrogens (tertiary/aromatic N) is 3. The van der Waals surface area contributed by atoms with Crippen molar-refractivity contribution in [3.8, 4) is 5.75 Å². The molecule has 3 rings (SSSR count). The number of methoxy groups -OCH3 is 1. The normalized spacial score (nSPS) is 14.3. The third-order valence-corrected chi connectivity index (χ3v) is 6.13. The van der Waals surface area contributed by atoms with Gasteiger partial charge in [0, 0.05) is 43.7 Å². The minimum absolute atomic E-state index is 0.0575. The molecular weight excluding hydrogens is 515 g/mol. The van der Waals surface area contributed by atoms with E-state index in [1.54, 1.807) is 6.92 Å². The number of piperazine rings is 1. The third-order valence-electron chi connectivity index (χ3n) is 5.61. The number of carboxylic acid groups (broad SMARTS) is 1.